The minimum Gasteiger partial charge on any atom is -0.476 e. The standard InChI is InChI=1S/C17H23Cl2NO5S/c1-4-7-20(8-5-2)26(22,23)13-10-11-9-12(17(21)24-6-3)25-16(11)15(19)14(13)18/h10,12H,4-9H2,1-3H3. The zero-order valence-corrected chi connectivity index (χ0v) is 17.4. The Morgan fingerprint density at radius 2 is 1.85 bits per heavy atom. The van der Waals surface area contributed by atoms with Gasteiger partial charge in [0.1, 0.15) is 15.7 Å². The van der Waals surface area contributed by atoms with Gasteiger partial charge in [-0.2, -0.15) is 4.31 Å². The van der Waals surface area contributed by atoms with E-state index in [1.807, 2.05) is 13.8 Å². The van der Waals surface area contributed by atoms with Crippen LogP contribution in [-0.2, 0) is 26.0 Å². The summed E-state index contributed by atoms with van der Waals surface area (Å²) in [4.78, 5) is 11.9. The molecule has 1 aliphatic rings. The average molecular weight is 424 g/mol. The van der Waals surface area contributed by atoms with Crippen molar-refractivity contribution < 1.29 is 22.7 Å². The fourth-order valence-electron chi connectivity index (χ4n) is 2.84. The van der Waals surface area contributed by atoms with Crippen LogP contribution in [0.5, 0.6) is 5.75 Å². The Bertz CT molecular complexity index is 776. The van der Waals surface area contributed by atoms with Crippen molar-refractivity contribution in [2.45, 2.75) is 51.0 Å². The zero-order chi connectivity index (χ0) is 19.5. The van der Waals surface area contributed by atoms with Gasteiger partial charge < -0.3 is 9.47 Å². The summed E-state index contributed by atoms with van der Waals surface area (Å²) in [5.41, 5.74) is 0.531. The molecule has 0 saturated heterocycles. The van der Waals surface area contributed by atoms with Crippen molar-refractivity contribution in [1.82, 2.24) is 4.31 Å². The maximum absolute atomic E-state index is 13.1. The van der Waals surface area contributed by atoms with Gasteiger partial charge in [-0.05, 0) is 25.8 Å². The molecule has 0 aliphatic carbocycles. The summed E-state index contributed by atoms with van der Waals surface area (Å²) < 4.78 is 38.0. The summed E-state index contributed by atoms with van der Waals surface area (Å²) in [7, 11) is -3.80. The number of rotatable bonds is 8. The molecule has 0 saturated carbocycles. The number of hydrogen-bond donors (Lipinski definition) is 0. The number of nitrogens with zero attached hydrogens (tertiary/aromatic N) is 1. The number of carbonyl (C=O) groups is 1. The molecular weight excluding hydrogens is 401 g/mol. The van der Waals surface area contributed by atoms with E-state index in [-0.39, 0.29) is 33.7 Å². The molecule has 0 amide bonds. The zero-order valence-electron chi connectivity index (χ0n) is 15.0. The molecule has 1 unspecified atom stereocenters. The average Bonchev–Trinajstić information content (AvgIpc) is 3.02. The molecule has 146 valence electrons. The van der Waals surface area contributed by atoms with E-state index in [9.17, 15) is 13.2 Å². The first kappa shape index (κ1) is 21.3. The Labute approximate surface area is 164 Å². The van der Waals surface area contributed by atoms with Crippen molar-refractivity contribution in [2.24, 2.45) is 0 Å². The maximum atomic E-state index is 13.1. The Morgan fingerprint density at radius 3 is 2.38 bits per heavy atom. The van der Waals surface area contributed by atoms with Gasteiger partial charge in [0.05, 0.1) is 11.6 Å². The number of ether oxygens (including phenoxy) is 2. The molecule has 1 atom stereocenters. The van der Waals surface area contributed by atoms with Crippen molar-refractivity contribution >= 4 is 39.2 Å². The number of benzene rings is 1. The second-order valence-electron chi connectivity index (χ2n) is 5.96. The molecule has 1 aromatic rings. The highest BCUT2D eigenvalue weighted by Crippen LogP contribution is 2.44. The number of esters is 1. The molecule has 1 aromatic carbocycles. The van der Waals surface area contributed by atoms with E-state index in [4.69, 9.17) is 32.7 Å². The molecule has 0 spiro atoms. The van der Waals surface area contributed by atoms with Crippen LogP contribution in [0.3, 0.4) is 0 Å². The van der Waals surface area contributed by atoms with Crippen LogP contribution in [-0.4, -0.2) is 44.5 Å². The van der Waals surface area contributed by atoms with Crippen LogP contribution >= 0.6 is 23.2 Å². The van der Waals surface area contributed by atoms with Gasteiger partial charge in [0.2, 0.25) is 10.0 Å². The van der Waals surface area contributed by atoms with Gasteiger partial charge in [-0.1, -0.05) is 37.0 Å². The molecule has 6 nitrogen and oxygen atoms in total. The minimum absolute atomic E-state index is 0.00230. The van der Waals surface area contributed by atoms with Gasteiger partial charge in [-0.3, -0.25) is 0 Å². The fraction of sp³-hybridized carbons (Fsp3) is 0.588. The lowest BCUT2D eigenvalue weighted by atomic mass is 10.1. The van der Waals surface area contributed by atoms with Crippen molar-refractivity contribution in [3.05, 3.63) is 21.7 Å². The topological polar surface area (TPSA) is 72.9 Å². The summed E-state index contributed by atoms with van der Waals surface area (Å²) in [6, 6.07) is 1.45. The molecule has 0 radical (unpaired) electrons. The summed E-state index contributed by atoms with van der Waals surface area (Å²) in [6.07, 6.45) is 0.710. The van der Waals surface area contributed by atoms with Crippen molar-refractivity contribution in [2.75, 3.05) is 19.7 Å². The van der Waals surface area contributed by atoms with Crippen LogP contribution in [0, 0.1) is 0 Å². The third kappa shape index (κ3) is 4.11. The highest BCUT2D eigenvalue weighted by molar-refractivity contribution is 7.89. The van der Waals surface area contributed by atoms with E-state index in [1.165, 1.54) is 10.4 Å². The van der Waals surface area contributed by atoms with Crippen LogP contribution < -0.4 is 4.74 Å². The van der Waals surface area contributed by atoms with Gasteiger partial charge in [0.25, 0.3) is 0 Å². The van der Waals surface area contributed by atoms with E-state index >= 15 is 0 Å². The van der Waals surface area contributed by atoms with Gasteiger partial charge in [0, 0.05) is 25.1 Å². The lowest BCUT2D eigenvalue weighted by Gasteiger charge is -2.22. The Balaban J connectivity index is 2.44. The molecule has 0 bridgehead atoms. The maximum Gasteiger partial charge on any atom is 0.347 e. The fourth-order valence-corrected chi connectivity index (χ4v) is 5.34. The van der Waals surface area contributed by atoms with E-state index in [0.717, 1.165) is 0 Å². The third-order valence-electron chi connectivity index (χ3n) is 3.98. The lowest BCUT2D eigenvalue weighted by molar-refractivity contribution is -0.150. The summed E-state index contributed by atoms with van der Waals surface area (Å²) in [5.74, 6) is -0.273. The molecular formula is C17H23Cl2NO5S. The highest BCUT2D eigenvalue weighted by atomic mass is 35.5. The van der Waals surface area contributed by atoms with Crippen LogP contribution in [0.15, 0.2) is 11.0 Å². The summed E-state index contributed by atoms with van der Waals surface area (Å²) >= 11 is 12.5. The summed E-state index contributed by atoms with van der Waals surface area (Å²) in [6.45, 7) is 6.53. The molecule has 0 fully saturated rings. The van der Waals surface area contributed by atoms with Crippen molar-refractivity contribution in [3.63, 3.8) is 0 Å². The van der Waals surface area contributed by atoms with Crippen molar-refractivity contribution in [1.29, 1.82) is 0 Å². The molecule has 0 aromatic heterocycles. The molecule has 9 heteroatoms. The van der Waals surface area contributed by atoms with Crippen LogP contribution in [0.25, 0.3) is 0 Å². The second kappa shape index (κ2) is 8.78. The number of fused-ring (bicyclic) bond motifs is 1. The highest BCUT2D eigenvalue weighted by Gasteiger charge is 2.36. The molecule has 1 heterocycles. The minimum atomic E-state index is -3.80. The second-order valence-corrected chi connectivity index (χ2v) is 8.62. The quantitative estimate of drug-likeness (QED) is 0.596. The van der Waals surface area contributed by atoms with Crippen LogP contribution in [0.4, 0.5) is 0 Å². The van der Waals surface area contributed by atoms with Gasteiger partial charge >= 0.3 is 5.97 Å². The summed E-state index contributed by atoms with van der Waals surface area (Å²) in [5, 5.41) is -0.0883. The largest absolute Gasteiger partial charge is 0.476 e. The first-order valence-electron chi connectivity index (χ1n) is 8.62. The SMILES string of the molecule is CCCN(CCC)S(=O)(=O)c1cc2c(c(Cl)c1Cl)OC(C(=O)OCC)C2. The predicted octanol–water partition coefficient (Wildman–Crippen LogP) is 3.67. The number of hydrogen-bond acceptors (Lipinski definition) is 5. The Kier molecular flexibility index (Phi) is 7.19. The first-order valence-corrected chi connectivity index (χ1v) is 10.8. The van der Waals surface area contributed by atoms with Crippen LogP contribution in [0.2, 0.25) is 10.0 Å². The van der Waals surface area contributed by atoms with Gasteiger partial charge in [-0.25, -0.2) is 13.2 Å². The first-order chi connectivity index (χ1) is 12.3. The van der Waals surface area contributed by atoms with Crippen molar-refractivity contribution in [3.8, 4) is 5.75 Å². The lowest BCUT2D eigenvalue weighted by Crippen LogP contribution is -2.32. The van der Waals surface area contributed by atoms with Crippen LogP contribution in [0.1, 0.15) is 39.2 Å². The van der Waals surface area contributed by atoms with Gasteiger partial charge in [0.15, 0.2) is 6.10 Å². The van der Waals surface area contributed by atoms with E-state index in [1.54, 1.807) is 6.92 Å². The number of halogens is 2. The van der Waals surface area contributed by atoms with E-state index in [2.05, 4.69) is 0 Å². The number of carbonyl (C=O) groups excluding carboxylic acids is 1. The monoisotopic (exact) mass is 423 g/mol. The van der Waals surface area contributed by atoms with E-state index in [0.29, 0.717) is 31.5 Å². The molecule has 0 N–H and O–H groups in total. The Hall–Kier alpha value is -1.02. The number of sulfonamides is 1. The Morgan fingerprint density at radius 1 is 1.23 bits per heavy atom. The molecule has 2 rings (SSSR count). The molecule has 26 heavy (non-hydrogen) atoms. The normalized spacial score (nSPS) is 16.5. The molecule has 1 aliphatic heterocycles. The predicted molar refractivity (Wildman–Crippen MR) is 101 cm³/mol. The smallest absolute Gasteiger partial charge is 0.347 e. The van der Waals surface area contributed by atoms with Gasteiger partial charge in [-0.15, -0.1) is 0 Å². The third-order valence-corrected chi connectivity index (χ3v) is 6.87. The van der Waals surface area contributed by atoms with E-state index < -0.39 is 22.1 Å².